The van der Waals surface area contributed by atoms with Crippen LogP contribution in [0.2, 0.25) is 0 Å². The van der Waals surface area contributed by atoms with Gasteiger partial charge in [-0.3, -0.25) is 0 Å². The van der Waals surface area contributed by atoms with Gasteiger partial charge in [0.25, 0.3) is 0 Å². The molecule has 1 aromatic carbocycles. The van der Waals surface area contributed by atoms with Crippen molar-refractivity contribution in [3.05, 3.63) is 59.7 Å². The average molecular weight is 232 g/mol. The molecule has 0 aliphatic carbocycles. The number of ether oxygens (including phenoxy) is 1. The highest BCUT2D eigenvalue weighted by atomic mass is 16.5. The third kappa shape index (κ3) is 6.05. The van der Waals surface area contributed by atoms with Crippen molar-refractivity contribution in [3.63, 3.8) is 0 Å². The van der Waals surface area contributed by atoms with E-state index in [4.69, 9.17) is 4.74 Å². The molecule has 0 radical (unpaired) electrons. The molecule has 0 aliphatic heterocycles. The van der Waals surface area contributed by atoms with Gasteiger partial charge < -0.3 is 9.84 Å². The van der Waals surface area contributed by atoms with Gasteiger partial charge in [-0.1, -0.05) is 54.1 Å². The molecule has 1 N–H and O–H groups in total. The van der Waals surface area contributed by atoms with E-state index in [2.05, 4.69) is 0 Å². The molecule has 2 nitrogen and oxygen atoms in total. The molecule has 0 aromatic heterocycles. The Labute approximate surface area is 103 Å². The van der Waals surface area contributed by atoms with Crippen LogP contribution in [0.3, 0.4) is 0 Å². The van der Waals surface area contributed by atoms with Crippen LogP contribution in [0.15, 0.2) is 54.1 Å². The maximum atomic E-state index is 9.63. The van der Waals surface area contributed by atoms with Gasteiger partial charge >= 0.3 is 0 Å². The first kappa shape index (κ1) is 13.7. The monoisotopic (exact) mass is 232 g/mol. The first-order valence-electron chi connectivity index (χ1n) is 5.83. The van der Waals surface area contributed by atoms with Gasteiger partial charge in [0.2, 0.25) is 0 Å². The molecule has 0 spiro atoms. The summed E-state index contributed by atoms with van der Waals surface area (Å²) >= 11 is 0. The maximum Gasteiger partial charge on any atom is 0.0957 e. The molecule has 0 unspecified atom stereocenters. The van der Waals surface area contributed by atoms with Crippen LogP contribution in [0.25, 0.3) is 0 Å². The Morgan fingerprint density at radius 2 is 2.06 bits per heavy atom. The Morgan fingerprint density at radius 1 is 1.35 bits per heavy atom. The Morgan fingerprint density at radius 3 is 2.71 bits per heavy atom. The molecule has 0 bridgehead atoms. The summed E-state index contributed by atoms with van der Waals surface area (Å²) in [6.07, 6.45) is 5.10. The van der Waals surface area contributed by atoms with Gasteiger partial charge in [-0.2, -0.15) is 0 Å². The second-order valence-electron chi connectivity index (χ2n) is 3.96. The third-order valence-electron chi connectivity index (χ3n) is 2.44. The fraction of sp³-hybridized carbons (Fsp3) is 0.333. The van der Waals surface area contributed by atoms with E-state index < -0.39 is 6.10 Å². The average Bonchev–Trinajstić information content (AvgIpc) is 2.37. The van der Waals surface area contributed by atoms with E-state index in [1.165, 1.54) is 0 Å². The fourth-order valence-corrected chi connectivity index (χ4v) is 1.29. The predicted molar refractivity (Wildman–Crippen MR) is 70.7 cm³/mol. The summed E-state index contributed by atoms with van der Waals surface area (Å²) < 4.78 is 5.43. The summed E-state index contributed by atoms with van der Waals surface area (Å²) in [5.41, 5.74) is 2.25. The molecule has 0 saturated heterocycles. The molecule has 0 fully saturated rings. The summed E-state index contributed by atoms with van der Waals surface area (Å²) in [7, 11) is 0. The van der Waals surface area contributed by atoms with Crippen molar-refractivity contribution >= 4 is 0 Å². The van der Waals surface area contributed by atoms with Crippen molar-refractivity contribution in [2.45, 2.75) is 26.6 Å². The van der Waals surface area contributed by atoms with Crippen LogP contribution in [-0.2, 0) is 11.3 Å². The van der Waals surface area contributed by atoms with Crippen LogP contribution < -0.4 is 0 Å². The molecular weight excluding hydrogens is 212 g/mol. The van der Waals surface area contributed by atoms with Crippen molar-refractivity contribution in [3.8, 4) is 0 Å². The van der Waals surface area contributed by atoms with Crippen LogP contribution in [0.5, 0.6) is 0 Å². The van der Waals surface area contributed by atoms with Crippen molar-refractivity contribution in [1.82, 2.24) is 0 Å². The fourth-order valence-electron chi connectivity index (χ4n) is 1.29. The number of hydrogen-bond donors (Lipinski definition) is 1. The van der Waals surface area contributed by atoms with Gasteiger partial charge in [0.05, 0.1) is 19.3 Å². The second kappa shape index (κ2) is 7.82. The van der Waals surface area contributed by atoms with Crippen molar-refractivity contribution in [1.29, 1.82) is 0 Å². The van der Waals surface area contributed by atoms with Crippen molar-refractivity contribution in [2.75, 3.05) is 6.61 Å². The van der Waals surface area contributed by atoms with Gasteiger partial charge in [0.15, 0.2) is 0 Å². The van der Waals surface area contributed by atoms with E-state index in [9.17, 15) is 5.11 Å². The molecule has 0 amide bonds. The van der Waals surface area contributed by atoms with Gasteiger partial charge in [0.1, 0.15) is 0 Å². The zero-order chi connectivity index (χ0) is 12.5. The van der Waals surface area contributed by atoms with Crippen molar-refractivity contribution < 1.29 is 9.84 Å². The molecule has 1 aromatic rings. The molecule has 0 heterocycles. The summed E-state index contributed by atoms with van der Waals surface area (Å²) in [6, 6.07) is 9.94. The van der Waals surface area contributed by atoms with E-state index in [1.807, 2.05) is 56.3 Å². The molecular formula is C15H20O2. The smallest absolute Gasteiger partial charge is 0.0957 e. The minimum absolute atomic E-state index is 0.322. The number of rotatable bonds is 6. The highest BCUT2D eigenvalue weighted by molar-refractivity contribution is 5.16. The van der Waals surface area contributed by atoms with E-state index >= 15 is 0 Å². The number of benzene rings is 1. The van der Waals surface area contributed by atoms with Crippen LogP contribution in [0.4, 0.5) is 0 Å². The van der Waals surface area contributed by atoms with Crippen LogP contribution >= 0.6 is 0 Å². The largest absolute Gasteiger partial charge is 0.387 e. The van der Waals surface area contributed by atoms with E-state index in [0.717, 1.165) is 11.1 Å². The summed E-state index contributed by atoms with van der Waals surface area (Å²) in [5.74, 6) is 0. The predicted octanol–water partition coefficient (Wildman–Crippen LogP) is 3.09. The normalized spacial score (nSPS) is 14.2. The maximum absolute atomic E-state index is 9.63. The van der Waals surface area contributed by atoms with Crippen LogP contribution in [0, 0.1) is 0 Å². The summed E-state index contributed by atoms with van der Waals surface area (Å²) in [6.45, 7) is 4.82. The highest BCUT2D eigenvalue weighted by Crippen LogP contribution is 2.02. The van der Waals surface area contributed by atoms with Crippen LogP contribution in [-0.4, -0.2) is 17.8 Å². The highest BCUT2D eigenvalue weighted by Gasteiger charge is 1.99. The second-order valence-corrected chi connectivity index (χ2v) is 3.96. The van der Waals surface area contributed by atoms with Gasteiger partial charge in [0, 0.05) is 0 Å². The lowest BCUT2D eigenvalue weighted by Crippen LogP contribution is -2.12. The van der Waals surface area contributed by atoms with E-state index in [-0.39, 0.29) is 0 Å². The van der Waals surface area contributed by atoms with Crippen LogP contribution in [0.1, 0.15) is 19.4 Å². The SMILES string of the molecule is C/C=C(C)/C=C/[C@@H](O)COCc1ccccc1. The first-order chi connectivity index (χ1) is 8.22. The number of allylic oxidation sites excluding steroid dienone is 3. The van der Waals surface area contributed by atoms with Gasteiger partial charge in [-0.05, 0) is 19.4 Å². The number of hydrogen-bond acceptors (Lipinski definition) is 2. The number of aliphatic hydroxyl groups is 1. The molecule has 0 aliphatic rings. The van der Waals surface area contributed by atoms with Gasteiger partial charge in [-0.25, -0.2) is 0 Å². The summed E-state index contributed by atoms with van der Waals surface area (Å²) in [5, 5.41) is 9.63. The quantitative estimate of drug-likeness (QED) is 0.764. The first-order valence-corrected chi connectivity index (χ1v) is 5.83. The Hall–Kier alpha value is -1.38. The minimum Gasteiger partial charge on any atom is -0.387 e. The van der Waals surface area contributed by atoms with E-state index in [0.29, 0.717) is 13.2 Å². The van der Waals surface area contributed by atoms with E-state index in [1.54, 1.807) is 6.08 Å². The van der Waals surface area contributed by atoms with Crippen molar-refractivity contribution in [2.24, 2.45) is 0 Å². The molecule has 1 rings (SSSR count). The molecule has 0 saturated carbocycles. The third-order valence-corrected chi connectivity index (χ3v) is 2.44. The summed E-state index contributed by atoms with van der Waals surface area (Å²) in [4.78, 5) is 0. The standard InChI is InChI=1S/C15H20O2/c1-3-13(2)9-10-15(16)12-17-11-14-7-5-4-6-8-14/h3-10,15-16H,11-12H2,1-2H3/b10-9+,13-3+/t15-/m1/s1. The molecule has 17 heavy (non-hydrogen) atoms. The molecule has 92 valence electrons. The lowest BCUT2D eigenvalue weighted by molar-refractivity contribution is 0.0503. The number of aliphatic hydroxyl groups excluding tert-OH is 1. The van der Waals surface area contributed by atoms with Gasteiger partial charge in [-0.15, -0.1) is 0 Å². The molecule has 1 atom stereocenters. The lowest BCUT2D eigenvalue weighted by atomic mass is 10.2. The topological polar surface area (TPSA) is 29.5 Å². The molecule has 2 heteroatoms. The zero-order valence-electron chi connectivity index (χ0n) is 10.5. The Balaban J connectivity index is 2.25. The minimum atomic E-state index is -0.548. The zero-order valence-corrected chi connectivity index (χ0v) is 10.5. The lowest BCUT2D eigenvalue weighted by Gasteiger charge is -2.07. The Bertz CT molecular complexity index is 366. The Kier molecular flexibility index (Phi) is 6.30.